The number of benzene rings is 1. The van der Waals surface area contributed by atoms with Crippen molar-refractivity contribution in [3.63, 3.8) is 0 Å². The van der Waals surface area contributed by atoms with E-state index in [9.17, 15) is 17.6 Å². The summed E-state index contributed by atoms with van der Waals surface area (Å²) in [5, 5.41) is 0. The Morgan fingerprint density at radius 1 is 1.22 bits per heavy atom. The summed E-state index contributed by atoms with van der Waals surface area (Å²) in [7, 11) is -2.20. The highest BCUT2D eigenvalue weighted by Gasteiger charge is 2.25. The molecule has 32 heavy (non-hydrogen) atoms. The number of nitrogens with zero attached hydrogens (tertiary/aromatic N) is 3. The van der Waals surface area contributed by atoms with Gasteiger partial charge >= 0.3 is 5.97 Å². The molecule has 1 aromatic heterocycles. The number of sulfonamides is 1. The Bertz CT molecular complexity index is 1130. The lowest BCUT2D eigenvalue weighted by molar-refractivity contribution is -0.153. The molecule has 7 nitrogen and oxygen atoms in total. The first-order valence-corrected chi connectivity index (χ1v) is 12.3. The number of cyclic esters (lactones) is 1. The Hall–Kier alpha value is -2.81. The van der Waals surface area contributed by atoms with Crippen LogP contribution in [-0.4, -0.2) is 43.8 Å². The van der Waals surface area contributed by atoms with Gasteiger partial charge in [0, 0.05) is 24.6 Å². The molecule has 172 valence electrons. The maximum Gasteiger partial charge on any atom is 0.306 e. The van der Waals surface area contributed by atoms with E-state index in [1.165, 1.54) is 19.2 Å². The maximum absolute atomic E-state index is 13.6. The van der Waals surface area contributed by atoms with Crippen LogP contribution in [0.5, 0.6) is 0 Å². The van der Waals surface area contributed by atoms with Crippen LogP contribution >= 0.6 is 0 Å². The van der Waals surface area contributed by atoms with Crippen LogP contribution in [0.2, 0.25) is 0 Å². The standard InChI is InChI=1S/C23H28FN3O4S/c1-14(2)21-19(11-10-18-12-15(3)13-20(28)31-18)22(16-6-8-17(24)9-7-16)26-23(25-21)27(4)32(5,29)30/h6-11,14-15,18H,12-13H2,1-5H3/b11-10+/t15-,18+/m0/s1. The fraction of sp³-hybridized carbons (Fsp3) is 0.435. The van der Waals surface area contributed by atoms with Crippen LogP contribution in [0.15, 0.2) is 30.3 Å². The third-order valence-electron chi connectivity index (χ3n) is 5.32. The molecular weight excluding hydrogens is 433 g/mol. The fourth-order valence-corrected chi connectivity index (χ4v) is 3.93. The number of hydrogen-bond acceptors (Lipinski definition) is 6. The molecule has 0 bridgehead atoms. The van der Waals surface area contributed by atoms with E-state index in [4.69, 9.17) is 4.74 Å². The smallest absolute Gasteiger partial charge is 0.306 e. The first kappa shape index (κ1) is 23.8. The molecule has 2 aromatic rings. The first-order valence-electron chi connectivity index (χ1n) is 10.4. The van der Waals surface area contributed by atoms with Crippen LogP contribution < -0.4 is 4.31 Å². The molecule has 0 unspecified atom stereocenters. The zero-order valence-corrected chi connectivity index (χ0v) is 19.7. The second kappa shape index (κ2) is 9.36. The van der Waals surface area contributed by atoms with Gasteiger partial charge in [0.25, 0.3) is 0 Å². The Kier molecular flexibility index (Phi) is 6.97. The molecule has 0 aliphatic carbocycles. The van der Waals surface area contributed by atoms with Crippen LogP contribution in [-0.2, 0) is 19.6 Å². The summed E-state index contributed by atoms with van der Waals surface area (Å²) in [5.41, 5.74) is 2.40. The van der Waals surface area contributed by atoms with Crippen molar-refractivity contribution in [1.82, 2.24) is 9.97 Å². The lowest BCUT2D eigenvalue weighted by Crippen LogP contribution is -2.28. The number of esters is 1. The fourth-order valence-electron chi connectivity index (χ4n) is 3.55. The van der Waals surface area contributed by atoms with Crippen molar-refractivity contribution >= 4 is 28.0 Å². The van der Waals surface area contributed by atoms with Crippen LogP contribution in [0.3, 0.4) is 0 Å². The molecule has 9 heteroatoms. The van der Waals surface area contributed by atoms with Gasteiger partial charge in [0.15, 0.2) is 0 Å². The van der Waals surface area contributed by atoms with Gasteiger partial charge in [-0.15, -0.1) is 0 Å². The monoisotopic (exact) mass is 461 g/mol. The van der Waals surface area contributed by atoms with Gasteiger partial charge < -0.3 is 4.74 Å². The molecule has 1 fully saturated rings. The highest BCUT2D eigenvalue weighted by molar-refractivity contribution is 7.92. The summed E-state index contributed by atoms with van der Waals surface area (Å²) < 4.78 is 44.3. The molecule has 3 rings (SSSR count). The molecular formula is C23H28FN3O4S. The van der Waals surface area contributed by atoms with E-state index in [0.29, 0.717) is 35.4 Å². The van der Waals surface area contributed by atoms with Crippen molar-refractivity contribution in [3.8, 4) is 11.3 Å². The Morgan fingerprint density at radius 3 is 2.44 bits per heavy atom. The van der Waals surface area contributed by atoms with Crippen molar-refractivity contribution < 1.29 is 22.3 Å². The molecule has 2 atom stereocenters. The van der Waals surface area contributed by atoms with E-state index in [0.717, 1.165) is 10.6 Å². The summed E-state index contributed by atoms with van der Waals surface area (Å²) in [4.78, 5) is 20.9. The molecule has 1 aliphatic rings. The lowest BCUT2D eigenvalue weighted by Gasteiger charge is -2.24. The summed E-state index contributed by atoms with van der Waals surface area (Å²) >= 11 is 0. The Labute approximate surface area is 188 Å². The molecule has 1 saturated heterocycles. The van der Waals surface area contributed by atoms with E-state index < -0.39 is 10.0 Å². The quantitative estimate of drug-likeness (QED) is 0.600. The number of carbonyl (C=O) groups excluding carboxylic acids is 1. The highest BCUT2D eigenvalue weighted by atomic mass is 32.2. The summed E-state index contributed by atoms with van der Waals surface area (Å²) in [6, 6.07) is 5.83. The predicted molar refractivity (Wildman–Crippen MR) is 122 cm³/mol. The van der Waals surface area contributed by atoms with Crippen molar-refractivity contribution in [2.75, 3.05) is 17.6 Å². The molecule has 0 amide bonds. The van der Waals surface area contributed by atoms with Gasteiger partial charge in [0.2, 0.25) is 16.0 Å². The third kappa shape index (κ3) is 5.51. The average molecular weight is 462 g/mol. The SMILES string of the molecule is CC(C)c1nc(N(C)S(C)(=O)=O)nc(-c2ccc(F)cc2)c1/C=C/[C@@H]1C[C@H](C)CC(=O)O1. The van der Waals surface area contributed by atoms with Crippen LogP contribution in [0.25, 0.3) is 17.3 Å². The second-order valence-electron chi connectivity index (χ2n) is 8.50. The number of aromatic nitrogens is 2. The third-order valence-corrected chi connectivity index (χ3v) is 6.48. The van der Waals surface area contributed by atoms with Crippen molar-refractivity contribution in [1.29, 1.82) is 0 Å². The number of ether oxygens (including phenoxy) is 1. The number of halogens is 1. The number of hydrogen-bond donors (Lipinski definition) is 0. The molecule has 0 radical (unpaired) electrons. The maximum atomic E-state index is 13.6. The Morgan fingerprint density at radius 2 is 1.88 bits per heavy atom. The largest absolute Gasteiger partial charge is 0.458 e. The van der Waals surface area contributed by atoms with Crippen LogP contribution in [0.4, 0.5) is 10.3 Å². The van der Waals surface area contributed by atoms with Gasteiger partial charge in [-0.1, -0.05) is 26.8 Å². The van der Waals surface area contributed by atoms with Gasteiger partial charge in [-0.25, -0.2) is 27.1 Å². The lowest BCUT2D eigenvalue weighted by atomic mass is 9.94. The molecule has 0 spiro atoms. The van der Waals surface area contributed by atoms with Gasteiger partial charge in [-0.05, 0) is 48.6 Å². The molecule has 1 aromatic carbocycles. The summed E-state index contributed by atoms with van der Waals surface area (Å²) in [6.45, 7) is 5.89. The van der Waals surface area contributed by atoms with Gasteiger partial charge in [0.05, 0.1) is 17.6 Å². The van der Waals surface area contributed by atoms with E-state index >= 15 is 0 Å². The van der Waals surface area contributed by atoms with Crippen molar-refractivity contribution in [2.24, 2.45) is 5.92 Å². The molecule has 0 N–H and O–H groups in total. The molecule has 2 heterocycles. The highest BCUT2D eigenvalue weighted by Crippen LogP contribution is 2.32. The topological polar surface area (TPSA) is 89.5 Å². The van der Waals surface area contributed by atoms with Gasteiger partial charge in [0.1, 0.15) is 11.9 Å². The first-order chi connectivity index (χ1) is 15.0. The predicted octanol–water partition coefficient (Wildman–Crippen LogP) is 4.16. The minimum atomic E-state index is -3.59. The van der Waals surface area contributed by atoms with Crippen molar-refractivity contribution in [3.05, 3.63) is 47.4 Å². The van der Waals surface area contributed by atoms with Crippen LogP contribution in [0, 0.1) is 11.7 Å². The van der Waals surface area contributed by atoms with E-state index in [2.05, 4.69) is 9.97 Å². The molecule has 1 aliphatic heterocycles. The van der Waals surface area contributed by atoms with Gasteiger partial charge in [-0.2, -0.15) is 0 Å². The number of anilines is 1. The minimum absolute atomic E-state index is 0.0328. The second-order valence-corrected chi connectivity index (χ2v) is 10.5. The van der Waals surface area contributed by atoms with E-state index in [1.807, 2.05) is 32.9 Å². The zero-order chi connectivity index (χ0) is 23.6. The van der Waals surface area contributed by atoms with E-state index in [1.54, 1.807) is 12.1 Å². The summed E-state index contributed by atoms with van der Waals surface area (Å²) in [5.74, 6) is -0.431. The Balaban J connectivity index is 2.17. The van der Waals surface area contributed by atoms with Gasteiger partial charge in [-0.3, -0.25) is 4.79 Å². The van der Waals surface area contributed by atoms with Crippen LogP contribution in [0.1, 0.15) is 50.8 Å². The summed E-state index contributed by atoms with van der Waals surface area (Å²) in [6.07, 6.45) is 5.44. The van der Waals surface area contributed by atoms with E-state index in [-0.39, 0.29) is 35.7 Å². The minimum Gasteiger partial charge on any atom is -0.458 e. The normalized spacial score (nSPS) is 19.4. The van der Waals surface area contributed by atoms with Crippen molar-refractivity contribution in [2.45, 2.75) is 45.6 Å². The zero-order valence-electron chi connectivity index (χ0n) is 18.9. The number of rotatable bonds is 6. The average Bonchev–Trinajstić information content (AvgIpc) is 2.70. The molecule has 0 saturated carbocycles. The number of carbonyl (C=O) groups is 1.